The summed E-state index contributed by atoms with van der Waals surface area (Å²) in [6.07, 6.45) is 0.765. The van der Waals surface area contributed by atoms with Gasteiger partial charge in [0.05, 0.1) is 7.11 Å². The maximum atomic E-state index is 8.72. The third-order valence-corrected chi connectivity index (χ3v) is 2.71. The number of aliphatic hydroxyl groups is 1. The molecule has 0 saturated heterocycles. The smallest absolute Gasteiger partial charge is 0.119 e. The van der Waals surface area contributed by atoms with E-state index in [-0.39, 0.29) is 6.61 Å². The van der Waals surface area contributed by atoms with Gasteiger partial charge in [-0.1, -0.05) is 12.1 Å². The minimum Gasteiger partial charge on any atom is -0.497 e. The lowest BCUT2D eigenvalue weighted by molar-refractivity contribution is 0.292. The summed E-state index contributed by atoms with van der Waals surface area (Å²) < 4.78 is 5.19. The molecule has 0 radical (unpaired) electrons. The monoisotopic (exact) mass is 231 g/mol. The highest BCUT2D eigenvalue weighted by molar-refractivity contribution is 5.86. The molecule has 0 spiro atoms. The number of nitrogens with one attached hydrogen (secondary N) is 1. The van der Waals surface area contributed by atoms with Gasteiger partial charge in [0.25, 0.3) is 0 Å². The minimum absolute atomic E-state index is 0.220. The normalized spacial score (nSPS) is 10.5. The predicted octanol–water partition coefficient (Wildman–Crippen LogP) is 2.64. The number of methoxy groups -OCH3 is 1. The highest BCUT2D eigenvalue weighted by Gasteiger charge is 1.98. The number of hydrogen-bond donors (Lipinski definition) is 2. The first kappa shape index (κ1) is 11.7. The highest BCUT2D eigenvalue weighted by atomic mass is 16.5. The van der Waals surface area contributed by atoms with E-state index in [1.807, 2.05) is 24.3 Å². The van der Waals surface area contributed by atoms with Gasteiger partial charge in [-0.15, -0.1) is 0 Å². The number of benzene rings is 2. The van der Waals surface area contributed by atoms with Crippen LogP contribution in [0, 0.1) is 0 Å². The summed E-state index contributed by atoms with van der Waals surface area (Å²) in [6, 6.07) is 12.2. The average Bonchev–Trinajstić information content (AvgIpc) is 2.38. The lowest BCUT2D eigenvalue weighted by Crippen LogP contribution is -2.02. The molecule has 0 fully saturated rings. The van der Waals surface area contributed by atoms with Crippen molar-refractivity contribution in [1.82, 2.24) is 0 Å². The van der Waals surface area contributed by atoms with Crippen LogP contribution in [0.25, 0.3) is 10.8 Å². The van der Waals surface area contributed by atoms with Crippen molar-refractivity contribution in [3.05, 3.63) is 36.4 Å². The Kier molecular flexibility index (Phi) is 3.83. The second-order valence-corrected chi connectivity index (χ2v) is 3.93. The number of hydrogen-bond acceptors (Lipinski definition) is 3. The largest absolute Gasteiger partial charge is 0.497 e. The summed E-state index contributed by atoms with van der Waals surface area (Å²) >= 11 is 0. The van der Waals surface area contributed by atoms with Crippen LogP contribution in [-0.4, -0.2) is 25.4 Å². The van der Waals surface area contributed by atoms with Gasteiger partial charge in [0.15, 0.2) is 0 Å². The summed E-state index contributed by atoms with van der Waals surface area (Å²) in [5.41, 5.74) is 1.08. The molecule has 0 aliphatic heterocycles. The van der Waals surface area contributed by atoms with Crippen LogP contribution in [0.15, 0.2) is 36.4 Å². The summed E-state index contributed by atoms with van der Waals surface area (Å²) in [7, 11) is 1.67. The Morgan fingerprint density at radius 3 is 2.65 bits per heavy atom. The van der Waals surface area contributed by atoms with Gasteiger partial charge < -0.3 is 15.2 Å². The van der Waals surface area contributed by atoms with Gasteiger partial charge in [0.1, 0.15) is 5.75 Å². The van der Waals surface area contributed by atoms with Gasteiger partial charge in [0, 0.05) is 18.8 Å². The van der Waals surface area contributed by atoms with Crippen LogP contribution < -0.4 is 10.1 Å². The molecule has 0 heterocycles. The highest BCUT2D eigenvalue weighted by Crippen LogP contribution is 2.23. The first-order chi connectivity index (χ1) is 8.33. The molecule has 0 unspecified atom stereocenters. The molecule has 0 saturated carbocycles. The number of fused-ring (bicyclic) bond motifs is 1. The van der Waals surface area contributed by atoms with Crippen molar-refractivity contribution in [3.63, 3.8) is 0 Å². The molecular formula is C14H17NO2. The summed E-state index contributed by atoms with van der Waals surface area (Å²) in [4.78, 5) is 0. The van der Waals surface area contributed by atoms with Gasteiger partial charge >= 0.3 is 0 Å². The maximum absolute atomic E-state index is 8.72. The van der Waals surface area contributed by atoms with Gasteiger partial charge in [0.2, 0.25) is 0 Å². The lowest BCUT2D eigenvalue weighted by atomic mass is 10.1. The van der Waals surface area contributed by atoms with E-state index in [0.29, 0.717) is 0 Å². The first-order valence-electron chi connectivity index (χ1n) is 5.76. The Labute approximate surface area is 101 Å². The Hall–Kier alpha value is -1.74. The molecule has 0 amide bonds. The maximum Gasteiger partial charge on any atom is 0.119 e. The summed E-state index contributed by atoms with van der Waals surface area (Å²) in [5.74, 6) is 0.874. The van der Waals surface area contributed by atoms with E-state index in [1.54, 1.807) is 7.11 Å². The number of anilines is 1. The van der Waals surface area contributed by atoms with E-state index in [2.05, 4.69) is 17.4 Å². The molecule has 0 aliphatic rings. The molecule has 0 atom stereocenters. The van der Waals surface area contributed by atoms with Crippen molar-refractivity contribution >= 4 is 16.5 Å². The molecule has 2 aromatic rings. The predicted molar refractivity (Wildman–Crippen MR) is 70.7 cm³/mol. The van der Waals surface area contributed by atoms with Crippen molar-refractivity contribution in [3.8, 4) is 5.75 Å². The summed E-state index contributed by atoms with van der Waals surface area (Å²) in [5, 5.41) is 14.3. The minimum atomic E-state index is 0.220. The Bertz CT molecular complexity index is 497. The Balaban J connectivity index is 2.19. The number of rotatable bonds is 5. The average molecular weight is 231 g/mol. The van der Waals surface area contributed by atoms with Crippen molar-refractivity contribution in [2.45, 2.75) is 6.42 Å². The number of ether oxygens (including phenoxy) is 1. The quantitative estimate of drug-likeness (QED) is 0.777. The van der Waals surface area contributed by atoms with Gasteiger partial charge in [-0.3, -0.25) is 0 Å². The fourth-order valence-corrected chi connectivity index (χ4v) is 1.77. The molecule has 3 heteroatoms. The summed E-state index contributed by atoms with van der Waals surface area (Å²) in [6.45, 7) is 1.01. The van der Waals surface area contributed by atoms with E-state index in [4.69, 9.17) is 9.84 Å². The van der Waals surface area contributed by atoms with Crippen molar-refractivity contribution < 1.29 is 9.84 Å². The molecule has 17 heavy (non-hydrogen) atoms. The van der Waals surface area contributed by atoms with E-state index in [1.165, 1.54) is 5.39 Å². The Morgan fingerprint density at radius 2 is 1.88 bits per heavy atom. The zero-order valence-corrected chi connectivity index (χ0v) is 9.94. The molecule has 2 rings (SSSR count). The zero-order chi connectivity index (χ0) is 12.1. The van der Waals surface area contributed by atoms with Crippen LogP contribution in [-0.2, 0) is 0 Å². The van der Waals surface area contributed by atoms with Crippen LogP contribution in [0.1, 0.15) is 6.42 Å². The van der Waals surface area contributed by atoms with E-state index in [9.17, 15) is 0 Å². The third-order valence-electron chi connectivity index (χ3n) is 2.71. The van der Waals surface area contributed by atoms with Crippen molar-refractivity contribution in [2.24, 2.45) is 0 Å². The second-order valence-electron chi connectivity index (χ2n) is 3.93. The lowest BCUT2D eigenvalue weighted by Gasteiger charge is -2.07. The molecule has 2 N–H and O–H groups in total. The second kappa shape index (κ2) is 5.55. The SMILES string of the molecule is COc1ccc2cc(NCCCO)ccc2c1. The molecule has 0 aliphatic carbocycles. The third kappa shape index (κ3) is 2.88. The van der Waals surface area contributed by atoms with Crippen LogP contribution in [0.4, 0.5) is 5.69 Å². The topological polar surface area (TPSA) is 41.5 Å². The van der Waals surface area contributed by atoms with Crippen LogP contribution in [0.2, 0.25) is 0 Å². The number of aliphatic hydroxyl groups excluding tert-OH is 1. The fraction of sp³-hybridized carbons (Fsp3) is 0.286. The molecule has 90 valence electrons. The van der Waals surface area contributed by atoms with Crippen molar-refractivity contribution in [1.29, 1.82) is 0 Å². The zero-order valence-electron chi connectivity index (χ0n) is 9.94. The molecule has 3 nitrogen and oxygen atoms in total. The fourth-order valence-electron chi connectivity index (χ4n) is 1.77. The Morgan fingerprint density at radius 1 is 1.12 bits per heavy atom. The standard InChI is InChI=1S/C14H17NO2/c1-17-14-6-4-11-9-13(15-7-2-8-16)5-3-12(11)10-14/h3-6,9-10,15-16H,2,7-8H2,1H3. The van der Waals surface area contributed by atoms with E-state index < -0.39 is 0 Å². The van der Waals surface area contributed by atoms with Crippen molar-refractivity contribution in [2.75, 3.05) is 25.6 Å². The van der Waals surface area contributed by atoms with Gasteiger partial charge in [-0.25, -0.2) is 0 Å². The molecule has 2 aromatic carbocycles. The van der Waals surface area contributed by atoms with E-state index in [0.717, 1.165) is 29.8 Å². The van der Waals surface area contributed by atoms with Crippen LogP contribution in [0.3, 0.4) is 0 Å². The van der Waals surface area contributed by atoms with E-state index >= 15 is 0 Å². The first-order valence-corrected chi connectivity index (χ1v) is 5.76. The van der Waals surface area contributed by atoms with Gasteiger partial charge in [-0.2, -0.15) is 0 Å². The molecule has 0 aromatic heterocycles. The van der Waals surface area contributed by atoms with Crippen LogP contribution in [0.5, 0.6) is 5.75 Å². The molecule has 0 bridgehead atoms. The van der Waals surface area contributed by atoms with Crippen LogP contribution >= 0.6 is 0 Å². The van der Waals surface area contributed by atoms with Gasteiger partial charge in [-0.05, 0) is 41.5 Å². The molecular weight excluding hydrogens is 214 g/mol.